The van der Waals surface area contributed by atoms with E-state index in [1.165, 1.54) is 11.1 Å². The zero-order valence-electron chi connectivity index (χ0n) is 23.7. The predicted molar refractivity (Wildman–Crippen MR) is 149 cm³/mol. The Balaban J connectivity index is 1.29. The van der Waals surface area contributed by atoms with Gasteiger partial charge >= 0.3 is 12.1 Å². The summed E-state index contributed by atoms with van der Waals surface area (Å²) in [6.45, 7) is 4.48. The first kappa shape index (κ1) is 28.7. The number of cyclic esters (lactones) is 1. The van der Waals surface area contributed by atoms with E-state index in [1.807, 2.05) is 18.2 Å². The molecule has 220 valence electrons. The number of ether oxygens (including phenoxy) is 4. The second kappa shape index (κ2) is 12.8. The van der Waals surface area contributed by atoms with Crippen molar-refractivity contribution in [3.8, 4) is 17.2 Å². The van der Waals surface area contributed by atoms with Crippen LogP contribution in [0.3, 0.4) is 0 Å². The number of carbonyl (C=O) groups is 3. The lowest BCUT2D eigenvalue weighted by Crippen LogP contribution is -2.34. The third kappa shape index (κ3) is 6.75. The van der Waals surface area contributed by atoms with Crippen LogP contribution in [-0.4, -0.2) is 72.9 Å². The zero-order valence-corrected chi connectivity index (χ0v) is 23.7. The number of carboxylic acids is 1. The Morgan fingerprint density at radius 2 is 1.90 bits per heavy atom. The van der Waals surface area contributed by atoms with E-state index in [2.05, 4.69) is 30.0 Å². The van der Waals surface area contributed by atoms with Gasteiger partial charge in [0.05, 0.1) is 26.2 Å². The number of benzene rings is 2. The molecule has 1 unspecified atom stereocenters. The average Bonchev–Trinajstić information content (AvgIpc) is 3.58. The molecule has 2 aromatic carbocycles. The Morgan fingerprint density at radius 3 is 2.61 bits per heavy atom. The van der Waals surface area contributed by atoms with Gasteiger partial charge in [-0.25, -0.2) is 9.69 Å². The van der Waals surface area contributed by atoms with Crippen LogP contribution in [0.4, 0.5) is 4.79 Å². The minimum absolute atomic E-state index is 0.101. The number of methoxy groups -OCH3 is 1. The molecule has 2 aliphatic heterocycles. The van der Waals surface area contributed by atoms with Gasteiger partial charge in [0.25, 0.3) is 5.91 Å². The van der Waals surface area contributed by atoms with Crippen LogP contribution >= 0.6 is 0 Å². The summed E-state index contributed by atoms with van der Waals surface area (Å²) in [7, 11) is 1.58. The summed E-state index contributed by atoms with van der Waals surface area (Å²) in [6, 6.07) is 12.4. The molecule has 5 rings (SSSR count). The van der Waals surface area contributed by atoms with Gasteiger partial charge in [-0.1, -0.05) is 18.2 Å². The van der Waals surface area contributed by atoms with Gasteiger partial charge in [0.1, 0.15) is 12.4 Å². The maximum Gasteiger partial charge on any atom is 0.417 e. The molecule has 1 saturated heterocycles. The summed E-state index contributed by atoms with van der Waals surface area (Å²) in [4.78, 5) is 38.4. The van der Waals surface area contributed by atoms with Crippen molar-refractivity contribution in [3.63, 3.8) is 0 Å². The summed E-state index contributed by atoms with van der Waals surface area (Å²) in [6.07, 6.45) is 3.52. The smallest absolute Gasteiger partial charge is 0.417 e. The van der Waals surface area contributed by atoms with Crippen LogP contribution in [0.2, 0.25) is 0 Å². The SMILES string of the molecule is COc1cc(CN(C[C@H]2CC[C@H](C(=O)O)CC2)C(C)c2ccc3c(c2)CCO3)ccc1OCCN1C(=O)COC1=O. The number of aliphatic carboxylic acids is 1. The van der Waals surface area contributed by atoms with E-state index in [1.54, 1.807) is 7.11 Å². The molecule has 41 heavy (non-hydrogen) atoms. The lowest BCUT2D eigenvalue weighted by molar-refractivity contribution is -0.143. The summed E-state index contributed by atoms with van der Waals surface area (Å²) in [5, 5.41) is 9.44. The normalized spacial score (nSPS) is 20.9. The van der Waals surface area contributed by atoms with Crippen molar-refractivity contribution in [2.45, 2.75) is 51.6 Å². The topological polar surface area (TPSA) is 115 Å². The molecule has 3 aliphatic rings. The minimum atomic E-state index is -0.685. The quantitative estimate of drug-likeness (QED) is 0.398. The van der Waals surface area contributed by atoms with Gasteiger partial charge in [-0.05, 0) is 73.4 Å². The molecular weight excluding hydrogens is 528 g/mol. The van der Waals surface area contributed by atoms with Crippen molar-refractivity contribution in [1.29, 1.82) is 0 Å². The monoisotopic (exact) mass is 566 g/mol. The van der Waals surface area contributed by atoms with Crippen LogP contribution in [-0.2, 0) is 27.3 Å². The van der Waals surface area contributed by atoms with Gasteiger partial charge in [0, 0.05) is 25.6 Å². The van der Waals surface area contributed by atoms with E-state index in [-0.39, 0.29) is 37.6 Å². The molecular formula is C31H38N2O8. The van der Waals surface area contributed by atoms with Gasteiger partial charge < -0.3 is 24.1 Å². The molecule has 2 fully saturated rings. The van der Waals surface area contributed by atoms with Gasteiger partial charge in [-0.15, -0.1) is 0 Å². The highest BCUT2D eigenvalue weighted by molar-refractivity contribution is 5.97. The summed E-state index contributed by atoms with van der Waals surface area (Å²) in [5.41, 5.74) is 3.53. The molecule has 0 bridgehead atoms. The Labute approximate surface area is 240 Å². The first-order valence-electron chi connectivity index (χ1n) is 14.3. The molecule has 0 aromatic heterocycles. The van der Waals surface area contributed by atoms with Crippen LogP contribution in [0.25, 0.3) is 0 Å². The molecule has 2 aromatic rings. The van der Waals surface area contributed by atoms with Crippen LogP contribution in [0.15, 0.2) is 36.4 Å². The lowest BCUT2D eigenvalue weighted by atomic mass is 9.81. The highest BCUT2D eigenvalue weighted by atomic mass is 16.6. The summed E-state index contributed by atoms with van der Waals surface area (Å²) >= 11 is 0. The van der Waals surface area contributed by atoms with Crippen LogP contribution in [0, 0.1) is 11.8 Å². The summed E-state index contributed by atoms with van der Waals surface area (Å²) in [5.74, 6) is 1.20. The minimum Gasteiger partial charge on any atom is -0.493 e. The number of carbonyl (C=O) groups excluding carboxylic acids is 2. The predicted octanol–water partition coefficient (Wildman–Crippen LogP) is 4.44. The van der Waals surface area contributed by atoms with Crippen LogP contribution in [0.1, 0.15) is 55.3 Å². The molecule has 10 heteroatoms. The van der Waals surface area contributed by atoms with Gasteiger partial charge in [-0.2, -0.15) is 0 Å². The molecule has 10 nitrogen and oxygen atoms in total. The largest absolute Gasteiger partial charge is 0.493 e. The first-order chi connectivity index (χ1) is 19.8. The molecule has 1 N–H and O–H groups in total. The van der Waals surface area contributed by atoms with Crippen LogP contribution in [0.5, 0.6) is 17.2 Å². The Morgan fingerprint density at radius 1 is 1.10 bits per heavy atom. The number of imide groups is 1. The maximum atomic E-state index is 11.8. The fourth-order valence-corrected chi connectivity index (χ4v) is 5.97. The third-order valence-electron chi connectivity index (χ3n) is 8.46. The van der Waals surface area contributed by atoms with Crippen LogP contribution < -0.4 is 14.2 Å². The van der Waals surface area contributed by atoms with Crippen molar-refractivity contribution in [3.05, 3.63) is 53.1 Å². The van der Waals surface area contributed by atoms with E-state index in [0.29, 0.717) is 24.0 Å². The van der Waals surface area contributed by atoms with E-state index < -0.39 is 12.1 Å². The van der Waals surface area contributed by atoms with Crippen molar-refractivity contribution in [2.24, 2.45) is 11.8 Å². The Bertz CT molecular complexity index is 1260. The lowest BCUT2D eigenvalue weighted by Gasteiger charge is -2.35. The van der Waals surface area contributed by atoms with Crippen molar-refractivity contribution >= 4 is 18.0 Å². The number of carboxylic acid groups (broad SMARTS) is 1. The zero-order chi connectivity index (χ0) is 28.9. The van der Waals surface area contributed by atoms with E-state index in [9.17, 15) is 19.5 Å². The number of hydrogen-bond acceptors (Lipinski definition) is 8. The summed E-state index contributed by atoms with van der Waals surface area (Å²) < 4.78 is 21.9. The number of rotatable bonds is 12. The fourth-order valence-electron chi connectivity index (χ4n) is 5.97. The first-order valence-corrected chi connectivity index (χ1v) is 14.3. The Hall–Kier alpha value is -3.79. The van der Waals surface area contributed by atoms with Gasteiger partial charge in [0.2, 0.25) is 0 Å². The van der Waals surface area contributed by atoms with E-state index >= 15 is 0 Å². The molecule has 2 amide bonds. The maximum absolute atomic E-state index is 11.8. The molecule has 1 atom stereocenters. The van der Waals surface area contributed by atoms with E-state index in [4.69, 9.17) is 18.9 Å². The highest BCUT2D eigenvalue weighted by Crippen LogP contribution is 2.35. The van der Waals surface area contributed by atoms with Crippen molar-refractivity contribution in [2.75, 3.05) is 40.0 Å². The fraction of sp³-hybridized carbons (Fsp3) is 0.516. The van der Waals surface area contributed by atoms with Gasteiger partial charge in [-0.3, -0.25) is 14.5 Å². The third-order valence-corrected chi connectivity index (χ3v) is 8.46. The second-order valence-corrected chi connectivity index (χ2v) is 11.1. The number of amides is 2. The molecule has 0 spiro atoms. The highest BCUT2D eigenvalue weighted by Gasteiger charge is 2.31. The average molecular weight is 567 g/mol. The Kier molecular flexibility index (Phi) is 8.97. The molecule has 2 heterocycles. The number of fused-ring (bicyclic) bond motifs is 1. The second-order valence-electron chi connectivity index (χ2n) is 11.1. The number of nitrogens with zero attached hydrogens (tertiary/aromatic N) is 2. The molecule has 1 aliphatic carbocycles. The van der Waals surface area contributed by atoms with Gasteiger partial charge in [0.15, 0.2) is 18.1 Å². The van der Waals surface area contributed by atoms with Crippen molar-refractivity contribution in [1.82, 2.24) is 9.80 Å². The van der Waals surface area contributed by atoms with E-state index in [0.717, 1.165) is 61.5 Å². The molecule has 0 radical (unpaired) electrons. The number of hydrogen-bond donors (Lipinski definition) is 1. The standard InChI is InChI=1S/C31H38N2O8/c1-20(24-8-10-26-25(16-24)11-13-39-26)32(17-21-3-6-23(7-4-21)30(35)36)18-22-5-9-27(28(15-22)38-2)40-14-12-33-29(34)19-41-31(33)37/h5,8-10,15-16,20-21,23H,3-4,6-7,11-14,17-19H2,1-2H3,(H,35,36)/t20?,21-,23-. The van der Waals surface area contributed by atoms with Crippen molar-refractivity contribution < 1.29 is 38.4 Å². The molecule has 1 saturated carbocycles.